The van der Waals surface area contributed by atoms with Crippen molar-refractivity contribution in [3.63, 3.8) is 0 Å². The molecule has 0 saturated heterocycles. The van der Waals surface area contributed by atoms with E-state index in [2.05, 4.69) is 64.7 Å². The van der Waals surface area contributed by atoms with Crippen molar-refractivity contribution in [2.75, 3.05) is 11.1 Å². The quantitative estimate of drug-likeness (QED) is 0.299. The van der Waals surface area contributed by atoms with Gasteiger partial charge in [-0.3, -0.25) is 9.36 Å². The van der Waals surface area contributed by atoms with Gasteiger partial charge in [0, 0.05) is 12.6 Å². The van der Waals surface area contributed by atoms with Gasteiger partial charge in [-0.15, -0.1) is 10.2 Å². The molecule has 0 fully saturated rings. The molecule has 2 aromatic carbocycles. The van der Waals surface area contributed by atoms with Crippen LogP contribution in [0.5, 0.6) is 0 Å². The van der Waals surface area contributed by atoms with Crippen molar-refractivity contribution in [1.82, 2.24) is 19.7 Å². The molecule has 0 bridgehead atoms. The number of pyridine rings is 1. The molecule has 1 amide bonds. The van der Waals surface area contributed by atoms with Gasteiger partial charge in [0.2, 0.25) is 5.91 Å². The highest BCUT2D eigenvalue weighted by molar-refractivity contribution is 7.99. The standard InChI is InChI=1S/C24H22ClN5OS/c1-16-10-11-20(17(2)13-16)30-21(14-18-7-4-3-5-8-18)28-29-24(30)32-15-22(31)27-19-9-6-12-26-23(19)25/h3-13H,14-15H2,1-2H3,(H,27,31). The molecule has 0 spiro atoms. The first-order chi connectivity index (χ1) is 15.5. The maximum atomic E-state index is 12.5. The summed E-state index contributed by atoms with van der Waals surface area (Å²) in [5.41, 5.74) is 4.94. The predicted octanol–water partition coefficient (Wildman–Crippen LogP) is 5.25. The Morgan fingerprint density at radius 1 is 1.06 bits per heavy atom. The number of aryl methyl sites for hydroxylation is 2. The van der Waals surface area contributed by atoms with Crippen LogP contribution in [-0.4, -0.2) is 31.4 Å². The smallest absolute Gasteiger partial charge is 0.234 e. The van der Waals surface area contributed by atoms with Crippen molar-refractivity contribution in [2.24, 2.45) is 0 Å². The molecule has 0 saturated carbocycles. The van der Waals surface area contributed by atoms with Crippen molar-refractivity contribution in [1.29, 1.82) is 0 Å². The molecule has 0 aliphatic carbocycles. The van der Waals surface area contributed by atoms with E-state index in [0.29, 0.717) is 17.3 Å². The van der Waals surface area contributed by atoms with Crippen LogP contribution in [-0.2, 0) is 11.2 Å². The molecule has 8 heteroatoms. The summed E-state index contributed by atoms with van der Waals surface area (Å²) in [5, 5.41) is 12.6. The summed E-state index contributed by atoms with van der Waals surface area (Å²) in [6.45, 7) is 4.14. The number of rotatable bonds is 7. The Bertz CT molecular complexity index is 1240. The van der Waals surface area contributed by atoms with E-state index in [0.717, 1.165) is 22.6 Å². The third kappa shape index (κ3) is 5.18. The van der Waals surface area contributed by atoms with Gasteiger partial charge in [-0.2, -0.15) is 0 Å². The summed E-state index contributed by atoms with van der Waals surface area (Å²) in [4.78, 5) is 16.5. The summed E-state index contributed by atoms with van der Waals surface area (Å²) in [5.74, 6) is 0.797. The zero-order chi connectivity index (χ0) is 22.5. The Morgan fingerprint density at radius 2 is 1.88 bits per heavy atom. The first-order valence-electron chi connectivity index (χ1n) is 10.1. The molecule has 1 N–H and O–H groups in total. The molecular weight excluding hydrogens is 442 g/mol. The van der Waals surface area contributed by atoms with E-state index in [1.54, 1.807) is 18.3 Å². The molecule has 0 aliphatic rings. The highest BCUT2D eigenvalue weighted by Crippen LogP contribution is 2.26. The lowest BCUT2D eigenvalue weighted by Crippen LogP contribution is -2.15. The number of hydrogen-bond acceptors (Lipinski definition) is 5. The van der Waals surface area contributed by atoms with E-state index in [1.807, 2.05) is 22.8 Å². The molecule has 4 rings (SSSR count). The largest absolute Gasteiger partial charge is 0.323 e. The summed E-state index contributed by atoms with van der Waals surface area (Å²) < 4.78 is 2.04. The molecule has 6 nitrogen and oxygen atoms in total. The van der Waals surface area contributed by atoms with Crippen molar-refractivity contribution in [2.45, 2.75) is 25.4 Å². The van der Waals surface area contributed by atoms with Crippen molar-refractivity contribution < 1.29 is 4.79 Å². The van der Waals surface area contributed by atoms with Crippen LogP contribution in [0.3, 0.4) is 0 Å². The molecule has 4 aromatic rings. The van der Waals surface area contributed by atoms with E-state index in [9.17, 15) is 4.79 Å². The molecule has 0 aliphatic heterocycles. The van der Waals surface area contributed by atoms with Crippen LogP contribution in [0.2, 0.25) is 5.15 Å². The summed E-state index contributed by atoms with van der Waals surface area (Å²) in [6.07, 6.45) is 2.21. The molecule has 2 heterocycles. The fourth-order valence-corrected chi connectivity index (χ4v) is 4.31. The number of aromatic nitrogens is 4. The summed E-state index contributed by atoms with van der Waals surface area (Å²) in [6, 6.07) is 19.9. The number of halogens is 1. The Kier molecular flexibility index (Phi) is 6.87. The Morgan fingerprint density at radius 3 is 2.62 bits per heavy atom. The fraction of sp³-hybridized carbons (Fsp3) is 0.167. The van der Waals surface area contributed by atoms with E-state index in [-0.39, 0.29) is 16.8 Å². The maximum absolute atomic E-state index is 12.5. The van der Waals surface area contributed by atoms with E-state index in [4.69, 9.17) is 11.6 Å². The minimum absolute atomic E-state index is 0.166. The zero-order valence-corrected chi connectivity index (χ0v) is 19.3. The predicted molar refractivity (Wildman–Crippen MR) is 129 cm³/mol. The van der Waals surface area contributed by atoms with Crippen LogP contribution in [0.25, 0.3) is 5.69 Å². The number of carbonyl (C=O) groups excluding carboxylic acids is 1. The Hall–Kier alpha value is -3.16. The van der Waals surface area contributed by atoms with E-state index >= 15 is 0 Å². The first-order valence-corrected chi connectivity index (χ1v) is 11.5. The van der Waals surface area contributed by atoms with Gasteiger partial charge in [0.05, 0.1) is 17.1 Å². The molecule has 0 atom stereocenters. The second kappa shape index (κ2) is 9.97. The second-order valence-corrected chi connectivity index (χ2v) is 8.67. The van der Waals surface area contributed by atoms with Crippen molar-refractivity contribution in [3.05, 3.63) is 94.5 Å². The average Bonchev–Trinajstić information content (AvgIpc) is 3.17. The lowest BCUT2D eigenvalue weighted by Gasteiger charge is -2.14. The number of nitrogens with zero attached hydrogens (tertiary/aromatic N) is 4. The van der Waals surface area contributed by atoms with Crippen LogP contribution in [0.4, 0.5) is 5.69 Å². The highest BCUT2D eigenvalue weighted by Gasteiger charge is 2.18. The lowest BCUT2D eigenvalue weighted by atomic mass is 10.1. The second-order valence-electron chi connectivity index (χ2n) is 7.37. The molecule has 0 radical (unpaired) electrons. The van der Waals surface area contributed by atoms with Gasteiger partial charge in [0.15, 0.2) is 10.3 Å². The van der Waals surface area contributed by atoms with Crippen LogP contribution in [0.1, 0.15) is 22.5 Å². The topological polar surface area (TPSA) is 72.7 Å². The maximum Gasteiger partial charge on any atom is 0.234 e. The van der Waals surface area contributed by atoms with Gasteiger partial charge in [0.1, 0.15) is 5.82 Å². The number of anilines is 1. The Labute approximate surface area is 196 Å². The molecule has 0 unspecified atom stereocenters. The van der Waals surface area contributed by atoms with E-state index < -0.39 is 0 Å². The van der Waals surface area contributed by atoms with Gasteiger partial charge in [-0.25, -0.2) is 4.98 Å². The van der Waals surface area contributed by atoms with Crippen LogP contribution in [0, 0.1) is 13.8 Å². The van der Waals surface area contributed by atoms with Gasteiger partial charge in [-0.05, 0) is 43.2 Å². The number of thioether (sulfide) groups is 1. The number of amides is 1. The third-order valence-corrected chi connectivity index (χ3v) is 6.09. The first kappa shape index (κ1) is 22.0. The van der Waals surface area contributed by atoms with Crippen LogP contribution >= 0.6 is 23.4 Å². The minimum Gasteiger partial charge on any atom is -0.323 e. The fourth-order valence-electron chi connectivity index (χ4n) is 3.38. The van der Waals surface area contributed by atoms with Crippen molar-refractivity contribution in [3.8, 4) is 5.69 Å². The normalized spacial score (nSPS) is 10.8. The van der Waals surface area contributed by atoms with Crippen molar-refractivity contribution >= 4 is 35.0 Å². The third-order valence-electron chi connectivity index (χ3n) is 4.86. The van der Waals surface area contributed by atoms with Gasteiger partial charge >= 0.3 is 0 Å². The zero-order valence-electron chi connectivity index (χ0n) is 17.7. The summed E-state index contributed by atoms with van der Waals surface area (Å²) >= 11 is 7.38. The van der Waals surface area contributed by atoms with E-state index in [1.165, 1.54) is 17.3 Å². The summed E-state index contributed by atoms with van der Waals surface area (Å²) in [7, 11) is 0. The SMILES string of the molecule is Cc1ccc(-n2c(Cc3ccccc3)nnc2SCC(=O)Nc2cccnc2Cl)c(C)c1. The van der Waals surface area contributed by atoms with Gasteiger partial charge in [0.25, 0.3) is 0 Å². The molecule has 32 heavy (non-hydrogen) atoms. The van der Waals surface area contributed by atoms with Gasteiger partial charge < -0.3 is 5.32 Å². The molecule has 2 aromatic heterocycles. The monoisotopic (exact) mass is 463 g/mol. The van der Waals surface area contributed by atoms with Crippen LogP contribution < -0.4 is 5.32 Å². The average molecular weight is 464 g/mol. The number of nitrogens with one attached hydrogen (secondary N) is 1. The Balaban J connectivity index is 1.60. The van der Waals surface area contributed by atoms with Gasteiger partial charge in [-0.1, -0.05) is 71.4 Å². The molecule has 162 valence electrons. The number of hydrogen-bond donors (Lipinski definition) is 1. The lowest BCUT2D eigenvalue weighted by molar-refractivity contribution is -0.113. The number of carbonyl (C=O) groups is 1. The molecular formula is C24H22ClN5OS. The van der Waals surface area contributed by atoms with Crippen LogP contribution in [0.15, 0.2) is 72.0 Å². The highest BCUT2D eigenvalue weighted by atomic mass is 35.5. The minimum atomic E-state index is -0.190. The number of benzene rings is 2.